The molecule has 0 aliphatic carbocycles. The highest BCUT2D eigenvalue weighted by molar-refractivity contribution is 7.05. The van der Waals surface area contributed by atoms with Crippen molar-refractivity contribution in [1.29, 1.82) is 0 Å². The van der Waals surface area contributed by atoms with Crippen molar-refractivity contribution in [1.82, 2.24) is 9.27 Å². The maximum absolute atomic E-state index is 5.60. The van der Waals surface area contributed by atoms with Crippen LogP contribution in [0.3, 0.4) is 0 Å². The van der Waals surface area contributed by atoms with Crippen LogP contribution in [-0.2, 0) is 6.54 Å². The van der Waals surface area contributed by atoms with E-state index in [0.717, 1.165) is 13.1 Å². The fourth-order valence-corrected chi connectivity index (χ4v) is 2.10. The number of nitrogens with two attached hydrogens (primary N) is 1. The fourth-order valence-electron chi connectivity index (χ4n) is 1.49. The maximum atomic E-state index is 5.60. The van der Waals surface area contributed by atoms with Crippen molar-refractivity contribution in [3.63, 3.8) is 0 Å². The second-order valence-corrected chi connectivity index (χ2v) is 4.05. The Bertz CT molecular complexity index is 232. The van der Waals surface area contributed by atoms with Crippen LogP contribution in [0.2, 0.25) is 0 Å². The summed E-state index contributed by atoms with van der Waals surface area (Å²) in [6.45, 7) is 3.02. The molecule has 4 heteroatoms. The highest BCUT2D eigenvalue weighted by atomic mass is 32.1. The van der Waals surface area contributed by atoms with Crippen LogP contribution in [-0.4, -0.2) is 28.4 Å². The molecule has 0 saturated carbocycles. The first-order valence-corrected chi connectivity index (χ1v) is 5.01. The quantitative estimate of drug-likeness (QED) is 0.749. The molecule has 1 aromatic rings. The normalized spacial score (nSPS) is 23.9. The van der Waals surface area contributed by atoms with Gasteiger partial charge >= 0.3 is 0 Å². The van der Waals surface area contributed by atoms with Crippen LogP contribution in [0.4, 0.5) is 0 Å². The first-order chi connectivity index (χ1) is 5.90. The highest BCUT2D eigenvalue weighted by Crippen LogP contribution is 2.20. The second kappa shape index (κ2) is 3.51. The van der Waals surface area contributed by atoms with Crippen molar-refractivity contribution in [2.45, 2.75) is 19.0 Å². The third-order valence-electron chi connectivity index (χ3n) is 2.39. The third-order valence-corrected chi connectivity index (χ3v) is 3.11. The zero-order chi connectivity index (χ0) is 8.39. The summed E-state index contributed by atoms with van der Waals surface area (Å²) in [5, 5.41) is 0. The average Bonchev–Trinajstić information content (AvgIpc) is 2.51. The van der Waals surface area contributed by atoms with Gasteiger partial charge in [-0.05, 0) is 24.0 Å². The Morgan fingerprint density at radius 3 is 3.17 bits per heavy atom. The Balaban J connectivity index is 1.88. The molecule has 1 aliphatic heterocycles. The van der Waals surface area contributed by atoms with Gasteiger partial charge in [-0.15, -0.1) is 0 Å². The van der Waals surface area contributed by atoms with Gasteiger partial charge in [0.15, 0.2) is 0 Å². The van der Waals surface area contributed by atoms with Gasteiger partial charge < -0.3 is 5.73 Å². The summed E-state index contributed by atoms with van der Waals surface area (Å²) in [6, 6.07) is 2.70. The van der Waals surface area contributed by atoms with Crippen LogP contribution in [0.1, 0.15) is 11.3 Å². The van der Waals surface area contributed by atoms with Crippen LogP contribution >= 0.6 is 11.5 Å². The van der Waals surface area contributed by atoms with Gasteiger partial charge in [0, 0.05) is 36.8 Å². The molecule has 3 nitrogen and oxygen atoms in total. The molecule has 66 valence electrons. The predicted octanol–water partition coefficient (Wildman–Crippen LogP) is 0.676. The van der Waals surface area contributed by atoms with Crippen LogP contribution in [0, 0.1) is 0 Å². The molecule has 2 rings (SSSR count). The van der Waals surface area contributed by atoms with Crippen LogP contribution in [0.5, 0.6) is 0 Å². The molecule has 2 heterocycles. The molecule has 1 aliphatic rings. The minimum absolute atomic E-state index is 0.618. The predicted molar refractivity (Wildman–Crippen MR) is 50.0 cm³/mol. The molecule has 0 spiro atoms. The first kappa shape index (κ1) is 8.16. The van der Waals surface area contributed by atoms with Crippen molar-refractivity contribution in [2.75, 3.05) is 13.1 Å². The van der Waals surface area contributed by atoms with Gasteiger partial charge in [0.2, 0.25) is 0 Å². The summed E-state index contributed by atoms with van der Waals surface area (Å²) in [5.41, 5.74) is 5.60. The molecule has 1 aromatic heterocycles. The van der Waals surface area contributed by atoms with E-state index in [9.17, 15) is 0 Å². The Morgan fingerprint density at radius 2 is 2.67 bits per heavy atom. The molecular weight excluding hydrogens is 170 g/mol. The van der Waals surface area contributed by atoms with E-state index in [1.54, 1.807) is 11.5 Å². The number of aromatic nitrogens is 1. The lowest BCUT2D eigenvalue weighted by Gasteiger charge is -2.39. The van der Waals surface area contributed by atoms with Crippen molar-refractivity contribution >= 4 is 11.5 Å². The lowest BCUT2D eigenvalue weighted by atomic mass is 10.0. The fraction of sp³-hybridized carbons (Fsp3) is 0.625. The molecule has 1 saturated heterocycles. The number of rotatable bonds is 3. The van der Waals surface area contributed by atoms with Gasteiger partial charge in [0.1, 0.15) is 0 Å². The minimum atomic E-state index is 0.618. The molecule has 12 heavy (non-hydrogen) atoms. The van der Waals surface area contributed by atoms with Crippen LogP contribution in [0.15, 0.2) is 12.3 Å². The summed E-state index contributed by atoms with van der Waals surface area (Å²) in [5.74, 6) is 0. The van der Waals surface area contributed by atoms with E-state index in [1.165, 1.54) is 17.8 Å². The number of likely N-dealkylation sites (tertiary alicyclic amines) is 1. The highest BCUT2D eigenvalue weighted by Gasteiger charge is 2.26. The second-order valence-electron chi connectivity index (χ2n) is 3.13. The smallest absolute Gasteiger partial charge is 0.0410 e. The lowest BCUT2D eigenvalue weighted by Crippen LogP contribution is -2.50. The Labute approximate surface area is 76.4 Å². The molecule has 2 N–H and O–H groups in total. The molecule has 0 radical (unpaired) electrons. The summed E-state index contributed by atoms with van der Waals surface area (Å²) in [6.07, 6.45) is 3.12. The SMILES string of the molecule is NCC1CCN1Cc1ccns1. The topological polar surface area (TPSA) is 42.1 Å². The molecule has 1 unspecified atom stereocenters. The third kappa shape index (κ3) is 1.50. The van der Waals surface area contributed by atoms with E-state index in [2.05, 4.69) is 15.3 Å². The lowest BCUT2D eigenvalue weighted by molar-refractivity contribution is 0.0894. The van der Waals surface area contributed by atoms with Crippen LogP contribution in [0.25, 0.3) is 0 Å². The van der Waals surface area contributed by atoms with Crippen molar-refractivity contribution in [2.24, 2.45) is 5.73 Å². The Kier molecular flexibility index (Phi) is 2.39. The number of hydrogen-bond donors (Lipinski definition) is 1. The van der Waals surface area contributed by atoms with E-state index < -0.39 is 0 Å². The van der Waals surface area contributed by atoms with E-state index in [1.807, 2.05) is 6.20 Å². The van der Waals surface area contributed by atoms with E-state index in [0.29, 0.717) is 6.04 Å². The summed E-state index contributed by atoms with van der Waals surface area (Å²) in [7, 11) is 0. The first-order valence-electron chi connectivity index (χ1n) is 4.24. The molecule has 0 bridgehead atoms. The zero-order valence-electron chi connectivity index (χ0n) is 6.94. The summed E-state index contributed by atoms with van der Waals surface area (Å²) < 4.78 is 4.07. The Hall–Kier alpha value is -0.450. The van der Waals surface area contributed by atoms with E-state index in [-0.39, 0.29) is 0 Å². The van der Waals surface area contributed by atoms with Crippen molar-refractivity contribution in [3.8, 4) is 0 Å². The molecule has 0 amide bonds. The molecule has 1 fully saturated rings. The monoisotopic (exact) mass is 183 g/mol. The van der Waals surface area contributed by atoms with Gasteiger partial charge in [-0.2, -0.15) is 0 Å². The number of nitrogens with zero attached hydrogens (tertiary/aromatic N) is 2. The molecular formula is C8H13N3S. The maximum Gasteiger partial charge on any atom is 0.0410 e. The van der Waals surface area contributed by atoms with E-state index in [4.69, 9.17) is 5.73 Å². The van der Waals surface area contributed by atoms with Gasteiger partial charge in [0.25, 0.3) is 0 Å². The minimum Gasteiger partial charge on any atom is -0.329 e. The summed E-state index contributed by atoms with van der Waals surface area (Å²) >= 11 is 1.58. The Morgan fingerprint density at radius 1 is 1.75 bits per heavy atom. The van der Waals surface area contributed by atoms with Gasteiger partial charge in [-0.25, -0.2) is 4.37 Å². The number of hydrogen-bond acceptors (Lipinski definition) is 4. The molecule has 0 aromatic carbocycles. The van der Waals surface area contributed by atoms with Gasteiger partial charge in [0.05, 0.1) is 0 Å². The van der Waals surface area contributed by atoms with Gasteiger partial charge in [-0.1, -0.05) is 0 Å². The van der Waals surface area contributed by atoms with Gasteiger partial charge in [-0.3, -0.25) is 4.90 Å². The van der Waals surface area contributed by atoms with Crippen molar-refractivity contribution in [3.05, 3.63) is 17.1 Å². The largest absolute Gasteiger partial charge is 0.329 e. The van der Waals surface area contributed by atoms with Crippen LogP contribution < -0.4 is 5.73 Å². The zero-order valence-corrected chi connectivity index (χ0v) is 7.76. The molecule has 1 atom stereocenters. The summed E-state index contributed by atoms with van der Waals surface area (Å²) in [4.78, 5) is 3.75. The average molecular weight is 183 g/mol. The standard InChI is InChI=1S/C8H13N3S/c9-5-7-2-4-11(7)6-8-1-3-10-12-8/h1,3,7H,2,4-6,9H2. The van der Waals surface area contributed by atoms with Crippen molar-refractivity contribution < 1.29 is 0 Å². The van der Waals surface area contributed by atoms with E-state index >= 15 is 0 Å².